The smallest absolute Gasteiger partial charge is 0.342 e. The fourth-order valence-electron chi connectivity index (χ4n) is 2.35. The van der Waals surface area contributed by atoms with Gasteiger partial charge in [0.2, 0.25) is 12.2 Å². The van der Waals surface area contributed by atoms with E-state index in [0.29, 0.717) is 31.9 Å². The maximum atomic E-state index is 12.4. The van der Waals surface area contributed by atoms with Crippen molar-refractivity contribution in [2.75, 3.05) is 26.2 Å². The average molecular weight is 301 g/mol. The van der Waals surface area contributed by atoms with Crippen LogP contribution in [-0.2, 0) is 4.79 Å². The van der Waals surface area contributed by atoms with E-state index < -0.39 is 5.69 Å². The van der Waals surface area contributed by atoms with Crippen molar-refractivity contribution in [2.45, 2.75) is 0 Å². The van der Waals surface area contributed by atoms with Gasteiger partial charge >= 0.3 is 5.69 Å². The zero-order valence-corrected chi connectivity index (χ0v) is 11.8. The van der Waals surface area contributed by atoms with Crippen LogP contribution in [-0.4, -0.2) is 63.1 Å². The van der Waals surface area contributed by atoms with E-state index in [9.17, 15) is 14.4 Å². The first-order valence-corrected chi connectivity index (χ1v) is 6.92. The van der Waals surface area contributed by atoms with Gasteiger partial charge in [0.1, 0.15) is 0 Å². The molecule has 1 aliphatic rings. The zero-order valence-electron chi connectivity index (χ0n) is 11.8. The van der Waals surface area contributed by atoms with Gasteiger partial charge in [0.05, 0.1) is 5.69 Å². The molecule has 2 aromatic rings. The molecule has 1 aliphatic heterocycles. The Morgan fingerprint density at radius 2 is 1.82 bits per heavy atom. The van der Waals surface area contributed by atoms with Crippen molar-refractivity contribution in [1.29, 1.82) is 0 Å². The van der Waals surface area contributed by atoms with Crippen LogP contribution in [0.2, 0.25) is 0 Å². The van der Waals surface area contributed by atoms with Gasteiger partial charge in [-0.3, -0.25) is 14.6 Å². The third-order valence-electron chi connectivity index (χ3n) is 3.57. The van der Waals surface area contributed by atoms with Gasteiger partial charge in [0.15, 0.2) is 0 Å². The van der Waals surface area contributed by atoms with Crippen molar-refractivity contribution >= 4 is 12.3 Å². The molecule has 0 atom stereocenters. The maximum Gasteiger partial charge on any atom is 0.348 e. The van der Waals surface area contributed by atoms with E-state index in [1.165, 1.54) is 0 Å². The van der Waals surface area contributed by atoms with Crippen LogP contribution in [0.1, 0.15) is 10.6 Å². The molecule has 0 aliphatic carbocycles. The predicted octanol–water partition coefficient (Wildman–Crippen LogP) is -0.525. The monoisotopic (exact) mass is 301 g/mol. The number of carbonyl (C=O) groups excluding carboxylic acids is 2. The highest BCUT2D eigenvalue weighted by molar-refractivity contribution is 5.90. The molecular formula is C14H15N5O3. The summed E-state index contributed by atoms with van der Waals surface area (Å²) in [5.74, 6) is -0.328. The van der Waals surface area contributed by atoms with Gasteiger partial charge in [0.25, 0.3) is 5.91 Å². The summed E-state index contributed by atoms with van der Waals surface area (Å²) >= 11 is 0. The number of nitrogens with one attached hydrogen (secondary N) is 1. The molecule has 2 amide bonds. The Morgan fingerprint density at radius 3 is 2.45 bits per heavy atom. The first kappa shape index (κ1) is 14.1. The molecule has 1 aromatic heterocycles. The van der Waals surface area contributed by atoms with E-state index in [0.717, 1.165) is 11.1 Å². The first-order valence-electron chi connectivity index (χ1n) is 6.92. The third kappa shape index (κ3) is 2.62. The molecule has 0 bridgehead atoms. The summed E-state index contributed by atoms with van der Waals surface area (Å²) in [6.07, 6.45) is 0.772. The summed E-state index contributed by atoms with van der Waals surface area (Å²) in [4.78, 5) is 40.7. The number of amides is 2. The van der Waals surface area contributed by atoms with Crippen molar-refractivity contribution in [3.8, 4) is 5.69 Å². The highest BCUT2D eigenvalue weighted by Gasteiger charge is 2.24. The summed E-state index contributed by atoms with van der Waals surface area (Å²) in [6, 6.07) is 8.88. The second-order valence-electron chi connectivity index (χ2n) is 4.96. The van der Waals surface area contributed by atoms with Crippen LogP contribution in [0.4, 0.5) is 0 Å². The minimum atomic E-state index is -0.457. The summed E-state index contributed by atoms with van der Waals surface area (Å²) < 4.78 is 1.16. The van der Waals surface area contributed by atoms with E-state index in [1.807, 2.05) is 6.07 Å². The van der Waals surface area contributed by atoms with Crippen LogP contribution in [0, 0.1) is 0 Å². The third-order valence-corrected chi connectivity index (χ3v) is 3.57. The highest BCUT2D eigenvalue weighted by Crippen LogP contribution is 2.06. The number of nitrogens with zero attached hydrogens (tertiary/aromatic N) is 4. The lowest BCUT2D eigenvalue weighted by molar-refractivity contribution is -0.119. The number of hydrogen-bond acceptors (Lipinski definition) is 4. The van der Waals surface area contributed by atoms with Crippen LogP contribution in [0.25, 0.3) is 5.69 Å². The van der Waals surface area contributed by atoms with Crippen LogP contribution in [0.3, 0.4) is 0 Å². The fraction of sp³-hybridized carbons (Fsp3) is 0.286. The zero-order chi connectivity index (χ0) is 15.5. The normalized spacial score (nSPS) is 14.9. The van der Waals surface area contributed by atoms with Gasteiger partial charge in [-0.15, -0.1) is 5.10 Å². The minimum absolute atomic E-state index is 0.00778. The molecule has 3 rings (SSSR count). The Bertz CT molecular complexity index is 728. The molecule has 0 spiro atoms. The molecular weight excluding hydrogens is 286 g/mol. The summed E-state index contributed by atoms with van der Waals surface area (Å²) in [5.41, 5.74) is 0.134. The van der Waals surface area contributed by atoms with E-state index in [2.05, 4.69) is 10.1 Å². The molecule has 1 N–H and O–H groups in total. The molecule has 1 fully saturated rings. The SMILES string of the molecule is O=CN1CCN(C(=O)c2nn(-c3ccccc3)c(=O)[nH]2)CC1. The Labute approximate surface area is 126 Å². The van der Waals surface area contributed by atoms with Crippen LogP contribution >= 0.6 is 0 Å². The molecule has 114 valence electrons. The maximum absolute atomic E-state index is 12.4. The van der Waals surface area contributed by atoms with E-state index >= 15 is 0 Å². The first-order chi connectivity index (χ1) is 10.7. The summed E-state index contributed by atoms with van der Waals surface area (Å²) in [6.45, 7) is 1.83. The lowest BCUT2D eigenvalue weighted by Gasteiger charge is -2.31. The van der Waals surface area contributed by atoms with Crippen LogP contribution < -0.4 is 5.69 Å². The molecule has 22 heavy (non-hydrogen) atoms. The Hall–Kier alpha value is -2.90. The number of H-pyrrole nitrogens is 1. The molecule has 2 heterocycles. The van der Waals surface area contributed by atoms with Gasteiger partial charge in [-0.05, 0) is 12.1 Å². The van der Waals surface area contributed by atoms with Gasteiger partial charge < -0.3 is 9.80 Å². The molecule has 0 radical (unpaired) electrons. The minimum Gasteiger partial charge on any atom is -0.342 e. The molecule has 8 heteroatoms. The van der Waals surface area contributed by atoms with E-state index in [4.69, 9.17) is 0 Å². The second-order valence-corrected chi connectivity index (χ2v) is 4.96. The number of benzene rings is 1. The number of piperazine rings is 1. The van der Waals surface area contributed by atoms with Crippen molar-refractivity contribution < 1.29 is 9.59 Å². The largest absolute Gasteiger partial charge is 0.348 e. The number of rotatable bonds is 3. The van der Waals surface area contributed by atoms with Crippen molar-refractivity contribution in [3.63, 3.8) is 0 Å². The Morgan fingerprint density at radius 1 is 1.14 bits per heavy atom. The quantitative estimate of drug-likeness (QED) is 0.772. The van der Waals surface area contributed by atoms with Crippen LogP contribution in [0.5, 0.6) is 0 Å². The van der Waals surface area contributed by atoms with Crippen LogP contribution in [0.15, 0.2) is 35.1 Å². The number of aromatic amines is 1. The van der Waals surface area contributed by atoms with Gasteiger partial charge in [0, 0.05) is 26.2 Å². The molecule has 0 unspecified atom stereocenters. The number of carbonyl (C=O) groups is 2. The molecule has 1 saturated heterocycles. The topological polar surface area (TPSA) is 91.3 Å². The van der Waals surface area contributed by atoms with E-state index in [-0.39, 0.29) is 11.7 Å². The Balaban J connectivity index is 1.80. The summed E-state index contributed by atoms with van der Waals surface area (Å²) in [7, 11) is 0. The van der Waals surface area contributed by atoms with Gasteiger partial charge in [-0.1, -0.05) is 18.2 Å². The second kappa shape index (κ2) is 5.84. The summed E-state index contributed by atoms with van der Waals surface area (Å²) in [5, 5.41) is 4.07. The number of hydrogen-bond donors (Lipinski definition) is 1. The highest BCUT2D eigenvalue weighted by atomic mass is 16.2. The fourth-order valence-corrected chi connectivity index (χ4v) is 2.35. The lowest BCUT2D eigenvalue weighted by Crippen LogP contribution is -2.48. The Kier molecular flexibility index (Phi) is 3.73. The van der Waals surface area contributed by atoms with Gasteiger partial charge in [-0.25, -0.2) is 4.79 Å². The molecule has 0 saturated carbocycles. The predicted molar refractivity (Wildman–Crippen MR) is 77.7 cm³/mol. The van der Waals surface area contributed by atoms with Crippen molar-refractivity contribution in [3.05, 3.63) is 46.6 Å². The standard InChI is InChI=1S/C14H15N5O3/c20-10-17-6-8-18(9-7-17)13(21)12-15-14(22)19(16-12)11-4-2-1-3-5-11/h1-5,10H,6-9H2,(H,15,16,22). The van der Waals surface area contributed by atoms with E-state index in [1.54, 1.807) is 34.1 Å². The van der Waals surface area contributed by atoms with Crippen molar-refractivity contribution in [2.24, 2.45) is 0 Å². The van der Waals surface area contributed by atoms with Crippen molar-refractivity contribution in [1.82, 2.24) is 24.6 Å². The number of aromatic nitrogens is 3. The average Bonchev–Trinajstić information content (AvgIpc) is 2.97. The molecule has 1 aromatic carbocycles. The lowest BCUT2D eigenvalue weighted by atomic mass is 10.3. The van der Waals surface area contributed by atoms with Gasteiger partial charge in [-0.2, -0.15) is 4.68 Å². The number of para-hydroxylation sites is 1. The molecule has 8 nitrogen and oxygen atoms in total.